The molecule has 1 aromatic heterocycles. The molecule has 0 aliphatic carbocycles. The number of piperidine rings is 2. The Bertz CT molecular complexity index is 1370. The number of rotatable bonds is 4. The van der Waals surface area contributed by atoms with Crippen molar-refractivity contribution >= 4 is 11.7 Å². The van der Waals surface area contributed by atoms with Gasteiger partial charge in [0.15, 0.2) is 0 Å². The van der Waals surface area contributed by atoms with Crippen LogP contribution in [0.5, 0.6) is 0 Å². The molecule has 0 unspecified atom stereocenters. The van der Waals surface area contributed by atoms with E-state index in [1.54, 1.807) is 23.2 Å². The molecule has 10 heteroatoms. The maximum absolute atomic E-state index is 13.6. The SMILES string of the molecule is CN1C[C@@H]2CN(C(=O)Nc3cc(F)cc(F)c3)C[C@H](C1)[C@]2(O)c1ccc(-c2ccc(CN)cc2C#N)cn1. The first-order valence-corrected chi connectivity index (χ1v) is 12.3. The van der Waals surface area contributed by atoms with E-state index in [1.807, 2.05) is 25.2 Å². The number of urea groups is 1. The summed E-state index contributed by atoms with van der Waals surface area (Å²) < 4.78 is 27.2. The minimum Gasteiger partial charge on any atom is -0.383 e. The highest BCUT2D eigenvalue weighted by molar-refractivity contribution is 5.89. The Labute approximate surface area is 219 Å². The van der Waals surface area contributed by atoms with Crippen molar-refractivity contribution in [2.24, 2.45) is 17.6 Å². The van der Waals surface area contributed by atoms with Crippen LogP contribution in [0.2, 0.25) is 0 Å². The molecule has 8 nitrogen and oxygen atoms in total. The van der Waals surface area contributed by atoms with E-state index in [4.69, 9.17) is 5.73 Å². The van der Waals surface area contributed by atoms with Gasteiger partial charge in [0.2, 0.25) is 0 Å². The summed E-state index contributed by atoms with van der Waals surface area (Å²) in [5.74, 6) is -2.24. The summed E-state index contributed by atoms with van der Waals surface area (Å²) in [4.78, 5) is 21.3. The van der Waals surface area contributed by atoms with Gasteiger partial charge in [-0.2, -0.15) is 5.26 Å². The lowest BCUT2D eigenvalue weighted by Gasteiger charge is -2.54. The van der Waals surface area contributed by atoms with E-state index >= 15 is 0 Å². The van der Waals surface area contributed by atoms with Gasteiger partial charge < -0.3 is 26.0 Å². The van der Waals surface area contributed by atoms with Crippen molar-refractivity contribution in [2.75, 3.05) is 38.5 Å². The zero-order valence-corrected chi connectivity index (χ0v) is 20.9. The van der Waals surface area contributed by atoms with E-state index in [1.165, 1.54) is 0 Å². The number of nitrogens with two attached hydrogens (primary N) is 1. The number of aromatic nitrogens is 1. The number of nitrogens with zero attached hydrogens (tertiary/aromatic N) is 4. The van der Waals surface area contributed by atoms with Crippen LogP contribution in [-0.4, -0.2) is 59.1 Å². The fourth-order valence-electron chi connectivity index (χ4n) is 5.70. The van der Waals surface area contributed by atoms with Crippen molar-refractivity contribution < 1.29 is 18.7 Å². The molecule has 3 heterocycles. The first kappa shape index (κ1) is 25.7. The predicted molar refractivity (Wildman–Crippen MR) is 138 cm³/mol. The van der Waals surface area contributed by atoms with Crippen LogP contribution in [0.25, 0.3) is 11.1 Å². The molecule has 0 radical (unpaired) electrons. The van der Waals surface area contributed by atoms with Gasteiger partial charge in [-0.15, -0.1) is 0 Å². The number of nitrogens with one attached hydrogen (secondary N) is 1. The molecule has 0 saturated carbocycles. The van der Waals surface area contributed by atoms with E-state index < -0.39 is 23.3 Å². The lowest BCUT2D eigenvalue weighted by Crippen LogP contribution is -2.66. The molecule has 5 rings (SSSR count). The smallest absolute Gasteiger partial charge is 0.321 e. The van der Waals surface area contributed by atoms with Crippen LogP contribution in [0.4, 0.5) is 19.3 Å². The van der Waals surface area contributed by atoms with E-state index in [0.29, 0.717) is 30.9 Å². The highest BCUT2D eigenvalue weighted by atomic mass is 19.1. The third-order valence-electron chi connectivity index (χ3n) is 7.52. The normalized spacial score (nSPS) is 23.1. The van der Waals surface area contributed by atoms with E-state index in [2.05, 4.69) is 21.3 Å². The second-order valence-electron chi connectivity index (χ2n) is 10.1. The number of pyridine rings is 1. The molecule has 196 valence electrons. The van der Waals surface area contributed by atoms with Gasteiger partial charge in [-0.1, -0.05) is 18.2 Å². The molecule has 2 aromatic carbocycles. The first-order chi connectivity index (χ1) is 18.2. The number of aliphatic hydroxyl groups is 1. The van der Waals surface area contributed by atoms with Gasteiger partial charge in [-0.3, -0.25) is 4.98 Å². The number of carbonyl (C=O) groups excluding carboxylic acids is 1. The highest BCUT2D eigenvalue weighted by Gasteiger charge is 2.54. The lowest BCUT2D eigenvalue weighted by molar-refractivity contribution is -0.155. The third-order valence-corrected chi connectivity index (χ3v) is 7.52. The summed E-state index contributed by atoms with van der Waals surface area (Å²) in [6, 6.07) is 13.7. The summed E-state index contributed by atoms with van der Waals surface area (Å²) in [6.45, 7) is 1.89. The quantitative estimate of drug-likeness (QED) is 0.488. The fourth-order valence-corrected chi connectivity index (χ4v) is 5.70. The average molecular weight is 519 g/mol. The number of anilines is 1. The number of hydrogen-bond donors (Lipinski definition) is 3. The van der Waals surface area contributed by atoms with Crippen molar-refractivity contribution in [1.29, 1.82) is 5.26 Å². The maximum atomic E-state index is 13.6. The molecular weight excluding hydrogens is 490 g/mol. The van der Waals surface area contributed by atoms with Crippen molar-refractivity contribution in [3.05, 3.63) is 83.2 Å². The molecule has 0 spiro atoms. The van der Waals surface area contributed by atoms with E-state index in [-0.39, 0.29) is 30.6 Å². The second kappa shape index (κ2) is 10.1. The number of carbonyl (C=O) groups is 1. The number of amides is 2. The zero-order valence-electron chi connectivity index (χ0n) is 20.9. The van der Waals surface area contributed by atoms with Crippen LogP contribution >= 0.6 is 0 Å². The molecule has 2 amide bonds. The number of likely N-dealkylation sites (tertiary alicyclic amines) is 2. The number of hydrogen-bond acceptors (Lipinski definition) is 6. The Morgan fingerprint density at radius 3 is 2.39 bits per heavy atom. The molecule has 2 saturated heterocycles. The van der Waals surface area contributed by atoms with Crippen molar-refractivity contribution in [3.63, 3.8) is 0 Å². The van der Waals surface area contributed by atoms with Gasteiger partial charge >= 0.3 is 6.03 Å². The van der Waals surface area contributed by atoms with Gasteiger partial charge in [0.05, 0.1) is 17.3 Å². The van der Waals surface area contributed by atoms with Crippen LogP contribution in [0.1, 0.15) is 16.8 Å². The van der Waals surface area contributed by atoms with Gasteiger partial charge in [-0.25, -0.2) is 13.6 Å². The second-order valence-corrected chi connectivity index (χ2v) is 10.1. The number of benzene rings is 2. The van der Waals surface area contributed by atoms with Crippen molar-refractivity contribution in [2.45, 2.75) is 12.1 Å². The van der Waals surface area contributed by atoms with Crippen LogP contribution < -0.4 is 11.1 Å². The fraction of sp³-hybridized carbons (Fsp3) is 0.321. The Morgan fingerprint density at radius 2 is 1.82 bits per heavy atom. The van der Waals surface area contributed by atoms with Gasteiger partial charge in [0.1, 0.15) is 17.2 Å². The molecule has 2 aliphatic rings. The Hall–Kier alpha value is -3.91. The Morgan fingerprint density at radius 1 is 1.13 bits per heavy atom. The summed E-state index contributed by atoms with van der Waals surface area (Å²) in [7, 11) is 1.97. The van der Waals surface area contributed by atoms with Gasteiger partial charge in [0.25, 0.3) is 0 Å². The van der Waals surface area contributed by atoms with Crippen LogP contribution in [-0.2, 0) is 12.1 Å². The third kappa shape index (κ3) is 4.72. The molecule has 3 atom stereocenters. The predicted octanol–water partition coefficient (Wildman–Crippen LogP) is 3.27. The minimum atomic E-state index is -1.27. The molecule has 2 fully saturated rings. The lowest BCUT2D eigenvalue weighted by atomic mass is 9.68. The summed E-state index contributed by atoms with van der Waals surface area (Å²) in [5.41, 5.74) is 7.81. The minimum absolute atomic E-state index is 0.0316. The highest BCUT2D eigenvalue weighted by Crippen LogP contribution is 2.44. The van der Waals surface area contributed by atoms with Crippen molar-refractivity contribution in [3.8, 4) is 17.2 Å². The van der Waals surface area contributed by atoms with Gasteiger partial charge in [-0.05, 0) is 36.9 Å². The number of halogens is 2. The summed E-state index contributed by atoms with van der Waals surface area (Å²) in [6.07, 6.45) is 1.66. The summed E-state index contributed by atoms with van der Waals surface area (Å²) in [5, 5.41) is 24.2. The van der Waals surface area contributed by atoms with Crippen LogP contribution in [0, 0.1) is 34.8 Å². The maximum Gasteiger partial charge on any atom is 0.321 e. The molecule has 4 N–H and O–H groups in total. The Kier molecular flexibility index (Phi) is 6.84. The van der Waals surface area contributed by atoms with Crippen LogP contribution in [0.3, 0.4) is 0 Å². The molecular formula is C28H28F2N6O2. The van der Waals surface area contributed by atoms with Gasteiger partial charge in [0, 0.05) is 73.6 Å². The average Bonchev–Trinajstić information content (AvgIpc) is 2.88. The molecule has 2 aliphatic heterocycles. The zero-order chi connectivity index (χ0) is 27.0. The largest absolute Gasteiger partial charge is 0.383 e. The molecule has 38 heavy (non-hydrogen) atoms. The van der Waals surface area contributed by atoms with E-state index in [9.17, 15) is 23.9 Å². The summed E-state index contributed by atoms with van der Waals surface area (Å²) >= 11 is 0. The Balaban J connectivity index is 1.39. The first-order valence-electron chi connectivity index (χ1n) is 12.3. The van der Waals surface area contributed by atoms with Crippen molar-refractivity contribution in [1.82, 2.24) is 14.8 Å². The molecule has 3 aromatic rings. The van der Waals surface area contributed by atoms with Crippen LogP contribution in [0.15, 0.2) is 54.7 Å². The molecule has 2 bridgehead atoms. The standard InChI is InChI=1S/C28H28F2N6O2/c1-35-13-20-15-36(27(37)34-24-8-22(29)7-23(30)9-24)16-21(14-35)28(20,38)26-5-3-18(12-33-26)25-4-2-17(10-31)6-19(25)11-32/h2-9,12,20-21,38H,10,13-16,31H2,1H3,(H,34,37)/t20-,21+,28+. The topological polar surface area (TPSA) is 119 Å². The number of fused-ring (bicyclic) bond motifs is 2. The van der Waals surface area contributed by atoms with E-state index in [0.717, 1.165) is 34.9 Å². The number of nitriles is 1. The monoisotopic (exact) mass is 518 g/mol.